The molecule has 0 amide bonds. The summed E-state index contributed by atoms with van der Waals surface area (Å²) in [5, 5.41) is 8.31. The number of hydrogen-bond acceptors (Lipinski definition) is 1. The van der Waals surface area contributed by atoms with Gasteiger partial charge in [-0.15, -0.1) is 0 Å². The summed E-state index contributed by atoms with van der Waals surface area (Å²) in [4.78, 5) is 0. The molecule has 0 aromatic carbocycles. The molecule has 2 heteroatoms. The van der Waals surface area contributed by atoms with Gasteiger partial charge in [0.2, 0.25) is 0 Å². The highest BCUT2D eigenvalue weighted by molar-refractivity contribution is 4.84. The first-order valence-electron chi connectivity index (χ1n) is 3.58. The molecule has 10 heavy (non-hydrogen) atoms. The molecule has 0 aliphatic carbocycles. The summed E-state index contributed by atoms with van der Waals surface area (Å²) in [7, 11) is 0. The molecule has 0 radical (unpaired) electrons. The van der Waals surface area contributed by atoms with Gasteiger partial charge in [-0.25, -0.2) is 4.39 Å². The molecule has 0 N–H and O–H groups in total. The predicted molar refractivity (Wildman–Crippen MR) is 39.2 cm³/mol. The molecule has 0 aromatic heterocycles. The zero-order valence-corrected chi connectivity index (χ0v) is 6.82. The van der Waals surface area contributed by atoms with E-state index in [-0.39, 0.29) is 5.92 Å². The normalized spacial score (nSPS) is 14.3. The summed E-state index contributed by atoms with van der Waals surface area (Å²) in [6, 6.07) is 1.99. The van der Waals surface area contributed by atoms with Crippen molar-refractivity contribution in [2.75, 3.05) is 0 Å². The Morgan fingerprint density at radius 1 is 1.60 bits per heavy atom. The minimum Gasteiger partial charge on any atom is -0.244 e. The van der Waals surface area contributed by atoms with E-state index in [1.165, 1.54) is 13.8 Å². The molecule has 1 nitrogen and oxygen atoms in total. The minimum atomic E-state index is -1.20. The highest BCUT2D eigenvalue weighted by atomic mass is 19.1. The smallest absolute Gasteiger partial charge is 0.109 e. The molecule has 0 aliphatic rings. The molecule has 0 saturated carbocycles. The number of alkyl halides is 1. The van der Waals surface area contributed by atoms with Gasteiger partial charge in [0.25, 0.3) is 0 Å². The van der Waals surface area contributed by atoms with Gasteiger partial charge in [-0.2, -0.15) is 5.26 Å². The Morgan fingerprint density at radius 2 is 2.10 bits per heavy atom. The Hall–Kier alpha value is -0.580. The van der Waals surface area contributed by atoms with Crippen LogP contribution in [0.3, 0.4) is 0 Å². The summed E-state index contributed by atoms with van der Waals surface area (Å²) >= 11 is 0. The van der Waals surface area contributed by atoms with Crippen LogP contribution in [-0.4, -0.2) is 5.67 Å². The first-order chi connectivity index (χ1) is 4.52. The predicted octanol–water partition coefficient (Wildman–Crippen LogP) is 2.67. The summed E-state index contributed by atoms with van der Waals surface area (Å²) in [6.45, 7) is 4.96. The first-order valence-corrected chi connectivity index (χ1v) is 3.58. The van der Waals surface area contributed by atoms with Crippen molar-refractivity contribution >= 4 is 0 Å². The van der Waals surface area contributed by atoms with Crippen molar-refractivity contribution in [3.8, 4) is 6.07 Å². The number of rotatable bonds is 3. The fourth-order valence-electron chi connectivity index (χ4n) is 0.983. The van der Waals surface area contributed by atoms with Crippen molar-refractivity contribution in [3.05, 3.63) is 0 Å². The maximum atomic E-state index is 13.1. The van der Waals surface area contributed by atoms with Crippen LogP contribution < -0.4 is 0 Å². The van der Waals surface area contributed by atoms with Gasteiger partial charge in [0.15, 0.2) is 0 Å². The minimum absolute atomic E-state index is 0.113. The maximum absolute atomic E-state index is 13.1. The Kier molecular flexibility index (Phi) is 3.35. The highest BCUT2D eigenvalue weighted by Crippen LogP contribution is 2.26. The lowest BCUT2D eigenvalue weighted by Crippen LogP contribution is -2.24. The van der Waals surface area contributed by atoms with Gasteiger partial charge >= 0.3 is 0 Å². The second-order valence-electron chi connectivity index (χ2n) is 3.03. The third-order valence-corrected chi connectivity index (χ3v) is 1.80. The van der Waals surface area contributed by atoms with Gasteiger partial charge in [0, 0.05) is 12.3 Å². The molecule has 0 rings (SSSR count). The van der Waals surface area contributed by atoms with E-state index in [0.717, 1.165) is 6.42 Å². The first kappa shape index (κ1) is 9.42. The van der Waals surface area contributed by atoms with E-state index in [1.54, 1.807) is 0 Å². The van der Waals surface area contributed by atoms with Crippen LogP contribution in [-0.2, 0) is 0 Å². The van der Waals surface area contributed by atoms with Gasteiger partial charge in [0.05, 0.1) is 6.07 Å². The van der Waals surface area contributed by atoms with Crippen LogP contribution in [0.15, 0.2) is 0 Å². The van der Waals surface area contributed by atoms with Gasteiger partial charge in [-0.3, -0.25) is 0 Å². The molecule has 0 heterocycles. The molecular weight excluding hydrogens is 129 g/mol. The second kappa shape index (κ2) is 3.55. The van der Waals surface area contributed by atoms with Crippen molar-refractivity contribution in [2.24, 2.45) is 5.92 Å². The fourth-order valence-corrected chi connectivity index (χ4v) is 0.983. The molecule has 58 valence electrons. The van der Waals surface area contributed by atoms with Crippen LogP contribution in [0.4, 0.5) is 4.39 Å². The largest absolute Gasteiger partial charge is 0.244 e. The van der Waals surface area contributed by atoms with E-state index in [1.807, 2.05) is 13.0 Å². The number of nitriles is 1. The SMILES string of the molecule is CCC(CC#N)C(C)(C)F. The van der Waals surface area contributed by atoms with Crippen LogP contribution in [0.1, 0.15) is 33.6 Å². The average Bonchev–Trinajstić information content (AvgIpc) is 1.80. The van der Waals surface area contributed by atoms with E-state index < -0.39 is 5.67 Å². The fraction of sp³-hybridized carbons (Fsp3) is 0.875. The van der Waals surface area contributed by atoms with E-state index in [9.17, 15) is 4.39 Å². The average molecular weight is 143 g/mol. The van der Waals surface area contributed by atoms with Crippen LogP contribution in [0.25, 0.3) is 0 Å². The number of halogens is 1. The number of hydrogen-bond donors (Lipinski definition) is 0. The van der Waals surface area contributed by atoms with Crippen LogP contribution in [0.2, 0.25) is 0 Å². The summed E-state index contributed by atoms with van der Waals surface area (Å²) < 4.78 is 13.1. The Balaban J connectivity index is 3.97. The summed E-state index contributed by atoms with van der Waals surface area (Å²) in [6.07, 6.45) is 1.05. The molecule has 1 atom stereocenters. The van der Waals surface area contributed by atoms with Gasteiger partial charge in [-0.1, -0.05) is 6.92 Å². The Labute approximate surface area is 61.9 Å². The van der Waals surface area contributed by atoms with E-state index >= 15 is 0 Å². The molecule has 0 spiro atoms. The summed E-state index contributed by atoms with van der Waals surface area (Å²) in [5.74, 6) is -0.113. The Bertz CT molecular complexity index is 129. The van der Waals surface area contributed by atoms with Crippen molar-refractivity contribution in [1.29, 1.82) is 5.26 Å². The van der Waals surface area contributed by atoms with Gasteiger partial charge in [-0.05, 0) is 20.3 Å². The lowest BCUT2D eigenvalue weighted by atomic mass is 9.88. The Morgan fingerprint density at radius 3 is 2.20 bits per heavy atom. The third-order valence-electron chi connectivity index (χ3n) is 1.80. The second-order valence-corrected chi connectivity index (χ2v) is 3.03. The van der Waals surface area contributed by atoms with Crippen LogP contribution in [0, 0.1) is 17.2 Å². The molecule has 1 unspecified atom stereocenters. The topological polar surface area (TPSA) is 23.8 Å². The lowest BCUT2D eigenvalue weighted by Gasteiger charge is -2.22. The van der Waals surface area contributed by atoms with Gasteiger partial charge in [0.1, 0.15) is 5.67 Å². The van der Waals surface area contributed by atoms with Crippen molar-refractivity contribution < 1.29 is 4.39 Å². The zero-order valence-electron chi connectivity index (χ0n) is 6.82. The molecule has 0 aliphatic heterocycles. The molecule has 0 fully saturated rings. The molecule has 0 saturated heterocycles. The van der Waals surface area contributed by atoms with Crippen LogP contribution >= 0.6 is 0 Å². The van der Waals surface area contributed by atoms with Crippen molar-refractivity contribution in [1.82, 2.24) is 0 Å². The lowest BCUT2D eigenvalue weighted by molar-refractivity contribution is 0.123. The van der Waals surface area contributed by atoms with Crippen LogP contribution in [0.5, 0.6) is 0 Å². The monoisotopic (exact) mass is 143 g/mol. The van der Waals surface area contributed by atoms with Crippen molar-refractivity contribution in [2.45, 2.75) is 39.3 Å². The highest BCUT2D eigenvalue weighted by Gasteiger charge is 2.26. The third kappa shape index (κ3) is 2.82. The molecular formula is C8H14FN. The maximum Gasteiger partial charge on any atom is 0.109 e. The quantitative estimate of drug-likeness (QED) is 0.595. The molecule has 0 aromatic rings. The van der Waals surface area contributed by atoms with E-state index in [2.05, 4.69) is 0 Å². The van der Waals surface area contributed by atoms with E-state index in [0.29, 0.717) is 6.42 Å². The standard InChI is InChI=1S/C8H14FN/c1-4-7(5-6-10)8(2,3)9/h7H,4-5H2,1-3H3. The summed E-state index contributed by atoms with van der Waals surface area (Å²) in [5.41, 5.74) is -1.20. The number of nitrogens with zero attached hydrogens (tertiary/aromatic N) is 1. The molecule has 0 bridgehead atoms. The van der Waals surface area contributed by atoms with Crippen molar-refractivity contribution in [3.63, 3.8) is 0 Å². The van der Waals surface area contributed by atoms with E-state index in [4.69, 9.17) is 5.26 Å². The van der Waals surface area contributed by atoms with Gasteiger partial charge < -0.3 is 0 Å². The zero-order chi connectivity index (χ0) is 8.20.